The van der Waals surface area contributed by atoms with Gasteiger partial charge in [-0.3, -0.25) is 9.59 Å². The van der Waals surface area contributed by atoms with Crippen molar-refractivity contribution in [2.24, 2.45) is 0 Å². The van der Waals surface area contributed by atoms with Crippen molar-refractivity contribution in [3.05, 3.63) is 53.5 Å². The quantitative estimate of drug-likeness (QED) is 0.475. The Labute approximate surface area is 173 Å². The summed E-state index contributed by atoms with van der Waals surface area (Å²) >= 11 is 0. The molecule has 0 saturated heterocycles. The minimum absolute atomic E-state index is 0.0667. The Bertz CT molecular complexity index is 1150. The van der Waals surface area contributed by atoms with Crippen molar-refractivity contribution in [3.8, 4) is 11.5 Å². The van der Waals surface area contributed by atoms with E-state index in [4.69, 9.17) is 14.2 Å². The fourth-order valence-electron chi connectivity index (χ4n) is 3.57. The fraction of sp³-hybridized carbons (Fsp3) is 0.273. The van der Waals surface area contributed by atoms with Crippen LogP contribution in [0.25, 0.3) is 10.9 Å². The maximum atomic E-state index is 12.8. The third kappa shape index (κ3) is 3.46. The van der Waals surface area contributed by atoms with Crippen LogP contribution in [0.3, 0.4) is 0 Å². The summed E-state index contributed by atoms with van der Waals surface area (Å²) in [6.45, 7) is 2.30. The monoisotopic (exact) mass is 407 g/mol. The molecule has 1 aliphatic heterocycles. The number of amides is 1. The summed E-state index contributed by atoms with van der Waals surface area (Å²) in [4.78, 5) is 33.4. The summed E-state index contributed by atoms with van der Waals surface area (Å²) in [5.74, 6) is 0.107. The Balaban J connectivity index is 1.83. The zero-order chi connectivity index (χ0) is 21.3. The van der Waals surface area contributed by atoms with Gasteiger partial charge in [0.25, 0.3) is 0 Å². The normalized spacial score (nSPS) is 15.0. The zero-order valence-corrected chi connectivity index (χ0v) is 16.9. The van der Waals surface area contributed by atoms with Crippen LogP contribution in [0.1, 0.15) is 34.5 Å². The standard InChI is InChI=1S/C22H21N3O5/c1-12(26)13-4-5-16-14(8-13)20(22(27)25-16)21-15-9-18(29-3)19(30-7-6-28-2)10-17(15)23-11-24-21/h4-5,8-11,20H,6-7H2,1-3H3,(H,25,27). The van der Waals surface area contributed by atoms with E-state index in [1.807, 2.05) is 0 Å². The lowest BCUT2D eigenvalue weighted by Gasteiger charge is -2.15. The molecule has 4 rings (SSSR count). The molecule has 154 valence electrons. The number of ether oxygens (including phenoxy) is 3. The molecule has 1 aromatic heterocycles. The van der Waals surface area contributed by atoms with Crippen LogP contribution >= 0.6 is 0 Å². The maximum absolute atomic E-state index is 12.8. The minimum atomic E-state index is -0.658. The van der Waals surface area contributed by atoms with E-state index < -0.39 is 5.92 Å². The van der Waals surface area contributed by atoms with Crippen molar-refractivity contribution in [2.75, 3.05) is 32.8 Å². The summed E-state index contributed by atoms with van der Waals surface area (Å²) in [5, 5.41) is 3.55. The molecule has 1 atom stereocenters. The third-order valence-electron chi connectivity index (χ3n) is 5.06. The molecule has 0 fully saturated rings. The van der Waals surface area contributed by atoms with Gasteiger partial charge in [-0.15, -0.1) is 0 Å². The van der Waals surface area contributed by atoms with E-state index in [1.54, 1.807) is 44.6 Å². The predicted octanol–water partition coefficient (Wildman–Crippen LogP) is 2.95. The first-order chi connectivity index (χ1) is 14.5. The number of nitrogens with one attached hydrogen (secondary N) is 1. The number of hydrogen-bond donors (Lipinski definition) is 1. The molecule has 1 aliphatic rings. The Morgan fingerprint density at radius 1 is 1.10 bits per heavy atom. The van der Waals surface area contributed by atoms with E-state index in [-0.39, 0.29) is 11.7 Å². The second-order valence-electron chi connectivity index (χ2n) is 6.90. The molecule has 8 nitrogen and oxygen atoms in total. The van der Waals surface area contributed by atoms with E-state index in [0.29, 0.717) is 58.1 Å². The van der Waals surface area contributed by atoms with Crippen molar-refractivity contribution in [3.63, 3.8) is 0 Å². The van der Waals surface area contributed by atoms with Gasteiger partial charge >= 0.3 is 0 Å². The summed E-state index contributed by atoms with van der Waals surface area (Å²) in [7, 11) is 3.15. The van der Waals surface area contributed by atoms with Crippen LogP contribution in [0.15, 0.2) is 36.7 Å². The van der Waals surface area contributed by atoms with Crippen LogP contribution in [-0.4, -0.2) is 49.1 Å². The Morgan fingerprint density at radius 2 is 1.93 bits per heavy atom. The molecular weight excluding hydrogens is 386 g/mol. The van der Waals surface area contributed by atoms with Crippen molar-refractivity contribution in [2.45, 2.75) is 12.8 Å². The topological polar surface area (TPSA) is 99.6 Å². The van der Waals surface area contributed by atoms with Crippen molar-refractivity contribution < 1.29 is 23.8 Å². The lowest BCUT2D eigenvalue weighted by atomic mass is 9.92. The number of rotatable bonds is 7. The largest absolute Gasteiger partial charge is 0.493 e. The highest BCUT2D eigenvalue weighted by Crippen LogP contribution is 2.41. The molecule has 1 unspecified atom stereocenters. The van der Waals surface area contributed by atoms with Crippen molar-refractivity contribution >= 4 is 28.3 Å². The van der Waals surface area contributed by atoms with Gasteiger partial charge in [-0.05, 0) is 36.8 Å². The lowest BCUT2D eigenvalue weighted by molar-refractivity contribution is -0.116. The average Bonchev–Trinajstić information content (AvgIpc) is 3.07. The van der Waals surface area contributed by atoms with E-state index in [9.17, 15) is 9.59 Å². The number of aromatic nitrogens is 2. The molecule has 3 aromatic rings. The van der Waals surface area contributed by atoms with Crippen LogP contribution < -0.4 is 14.8 Å². The number of nitrogens with zero attached hydrogens (tertiary/aromatic N) is 2. The highest BCUT2D eigenvalue weighted by Gasteiger charge is 2.35. The van der Waals surface area contributed by atoms with Gasteiger partial charge in [-0.2, -0.15) is 0 Å². The van der Waals surface area contributed by atoms with E-state index in [2.05, 4.69) is 15.3 Å². The second kappa shape index (κ2) is 8.08. The van der Waals surface area contributed by atoms with E-state index in [0.717, 1.165) is 0 Å². The molecule has 1 N–H and O–H groups in total. The van der Waals surface area contributed by atoms with Crippen LogP contribution in [0.5, 0.6) is 11.5 Å². The fourth-order valence-corrected chi connectivity index (χ4v) is 3.57. The summed E-state index contributed by atoms with van der Waals surface area (Å²) in [6, 6.07) is 8.72. The van der Waals surface area contributed by atoms with Gasteiger partial charge in [0, 0.05) is 29.8 Å². The van der Waals surface area contributed by atoms with Crippen molar-refractivity contribution in [1.82, 2.24) is 9.97 Å². The van der Waals surface area contributed by atoms with Crippen LogP contribution in [-0.2, 0) is 9.53 Å². The number of fused-ring (bicyclic) bond motifs is 2. The number of hydrogen-bond acceptors (Lipinski definition) is 7. The first kappa shape index (κ1) is 19.8. The van der Waals surface area contributed by atoms with Gasteiger partial charge in [-0.1, -0.05) is 0 Å². The highest BCUT2D eigenvalue weighted by molar-refractivity contribution is 6.08. The van der Waals surface area contributed by atoms with Crippen LogP contribution in [0, 0.1) is 0 Å². The molecule has 2 heterocycles. The Kier molecular flexibility index (Phi) is 5.33. The van der Waals surface area contributed by atoms with E-state index >= 15 is 0 Å². The van der Waals surface area contributed by atoms with Gasteiger partial charge < -0.3 is 19.5 Å². The maximum Gasteiger partial charge on any atom is 0.238 e. The van der Waals surface area contributed by atoms with Gasteiger partial charge in [-0.25, -0.2) is 9.97 Å². The number of anilines is 1. The molecule has 0 radical (unpaired) electrons. The zero-order valence-electron chi connectivity index (χ0n) is 16.9. The number of methoxy groups -OCH3 is 2. The molecule has 30 heavy (non-hydrogen) atoms. The van der Waals surface area contributed by atoms with Gasteiger partial charge in [0.2, 0.25) is 5.91 Å². The average molecular weight is 407 g/mol. The Hall–Kier alpha value is -3.52. The lowest BCUT2D eigenvalue weighted by Crippen LogP contribution is -2.15. The second-order valence-corrected chi connectivity index (χ2v) is 6.90. The molecule has 0 spiro atoms. The van der Waals surface area contributed by atoms with Crippen molar-refractivity contribution in [1.29, 1.82) is 0 Å². The SMILES string of the molecule is COCCOc1cc2ncnc(C3C(=O)Nc4ccc(C(C)=O)cc43)c2cc1OC. The molecule has 0 bridgehead atoms. The molecule has 2 aromatic carbocycles. The smallest absolute Gasteiger partial charge is 0.238 e. The number of carbonyl (C=O) groups is 2. The summed E-state index contributed by atoms with van der Waals surface area (Å²) in [5.41, 5.74) is 3.09. The third-order valence-corrected chi connectivity index (χ3v) is 5.06. The molecule has 0 saturated carbocycles. The van der Waals surface area contributed by atoms with Gasteiger partial charge in [0.1, 0.15) is 18.9 Å². The summed E-state index contributed by atoms with van der Waals surface area (Å²) in [6.07, 6.45) is 1.42. The molecular formula is C22H21N3O5. The van der Waals surface area contributed by atoms with Gasteiger partial charge in [0.05, 0.1) is 24.9 Å². The summed E-state index contributed by atoms with van der Waals surface area (Å²) < 4.78 is 16.2. The molecule has 1 amide bonds. The molecule has 8 heteroatoms. The van der Waals surface area contributed by atoms with Crippen LogP contribution in [0.2, 0.25) is 0 Å². The van der Waals surface area contributed by atoms with E-state index in [1.165, 1.54) is 13.3 Å². The number of Topliss-reactive ketones (excluding diaryl/α,β-unsaturated/α-hetero) is 1. The first-order valence-electron chi connectivity index (χ1n) is 9.43. The molecule has 0 aliphatic carbocycles. The number of ketones is 1. The Morgan fingerprint density at radius 3 is 2.67 bits per heavy atom. The first-order valence-corrected chi connectivity index (χ1v) is 9.43. The predicted molar refractivity (Wildman–Crippen MR) is 110 cm³/mol. The minimum Gasteiger partial charge on any atom is -0.493 e. The number of carbonyl (C=O) groups excluding carboxylic acids is 2. The van der Waals surface area contributed by atoms with Crippen LogP contribution in [0.4, 0.5) is 5.69 Å². The highest BCUT2D eigenvalue weighted by atomic mass is 16.5. The number of benzene rings is 2. The van der Waals surface area contributed by atoms with Gasteiger partial charge in [0.15, 0.2) is 17.3 Å².